The Morgan fingerprint density at radius 3 is 3.00 bits per heavy atom. The number of ketones is 1. The summed E-state index contributed by atoms with van der Waals surface area (Å²) in [5.41, 5.74) is 2.26. The smallest absolute Gasteiger partial charge is 0.196 e. The Bertz CT molecular complexity index is 641. The Hall–Kier alpha value is -2.07. The maximum Gasteiger partial charge on any atom is 0.196 e. The Kier molecular flexibility index (Phi) is 3.09. The topological polar surface area (TPSA) is 35.5 Å². The van der Waals surface area contributed by atoms with Gasteiger partial charge >= 0.3 is 0 Å². The van der Waals surface area contributed by atoms with E-state index in [9.17, 15) is 4.79 Å². The molecule has 19 heavy (non-hydrogen) atoms. The van der Waals surface area contributed by atoms with Crippen molar-refractivity contribution in [2.45, 2.75) is 0 Å². The molecule has 0 spiro atoms. The van der Waals surface area contributed by atoms with Gasteiger partial charge in [-0.3, -0.25) is 4.79 Å². The molecule has 0 atom stereocenters. The summed E-state index contributed by atoms with van der Waals surface area (Å²) >= 11 is 1.60. The van der Waals surface area contributed by atoms with Crippen molar-refractivity contribution in [2.24, 2.45) is 0 Å². The molecule has 96 valence electrons. The summed E-state index contributed by atoms with van der Waals surface area (Å²) in [7, 11) is 1.58. The molecule has 1 aromatic heterocycles. The van der Waals surface area contributed by atoms with E-state index in [1.54, 1.807) is 36.6 Å². The van der Waals surface area contributed by atoms with E-state index in [4.69, 9.17) is 9.47 Å². The maximum atomic E-state index is 12.4. The van der Waals surface area contributed by atoms with Crippen LogP contribution < -0.4 is 9.47 Å². The molecule has 0 saturated heterocycles. The quantitative estimate of drug-likeness (QED) is 0.786. The highest BCUT2D eigenvalue weighted by Crippen LogP contribution is 2.31. The molecule has 1 aliphatic heterocycles. The molecule has 0 bridgehead atoms. The monoisotopic (exact) mass is 272 g/mol. The number of rotatable bonds is 2. The number of benzene rings is 1. The fourth-order valence-electron chi connectivity index (χ4n) is 2.00. The predicted octanol–water partition coefficient (Wildman–Crippen LogP) is 3.42. The minimum absolute atomic E-state index is 0.00588. The van der Waals surface area contributed by atoms with Gasteiger partial charge in [-0.1, -0.05) is 0 Å². The van der Waals surface area contributed by atoms with Crippen molar-refractivity contribution in [1.82, 2.24) is 0 Å². The Labute approximate surface area is 115 Å². The van der Waals surface area contributed by atoms with Crippen LogP contribution in [0.15, 0.2) is 40.6 Å². The van der Waals surface area contributed by atoms with Gasteiger partial charge in [0.05, 0.1) is 12.7 Å². The van der Waals surface area contributed by atoms with Crippen LogP contribution in [0.2, 0.25) is 0 Å². The molecule has 3 rings (SSSR count). The van der Waals surface area contributed by atoms with E-state index in [2.05, 4.69) is 0 Å². The van der Waals surface area contributed by atoms with Crippen LogP contribution in [-0.4, -0.2) is 19.5 Å². The standard InChI is InChI=1S/C15H12O3S/c1-17-12-2-3-14-13(7-12)15(16)11(8-18-14)6-10-4-5-19-9-10/h2-7,9H,8H2,1H3. The van der Waals surface area contributed by atoms with E-state index < -0.39 is 0 Å². The second-order valence-corrected chi connectivity index (χ2v) is 4.99. The predicted molar refractivity (Wildman–Crippen MR) is 75.1 cm³/mol. The van der Waals surface area contributed by atoms with E-state index in [-0.39, 0.29) is 5.78 Å². The fourth-order valence-corrected chi connectivity index (χ4v) is 2.62. The van der Waals surface area contributed by atoms with E-state index in [0.29, 0.717) is 29.2 Å². The molecule has 4 heteroatoms. The first kappa shape index (κ1) is 12.0. The van der Waals surface area contributed by atoms with E-state index in [1.165, 1.54) is 0 Å². The first-order chi connectivity index (χ1) is 9.28. The van der Waals surface area contributed by atoms with Gasteiger partial charge in [0.2, 0.25) is 0 Å². The van der Waals surface area contributed by atoms with Gasteiger partial charge in [-0.2, -0.15) is 11.3 Å². The minimum Gasteiger partial charge on any atom is -0.497 e. The zero-order valence-electron chi connectivity index (χ0n) is 10.4. The van der Waals surface area contributed by atoms with Crippen molar-refractivity contribution >= 4 is 23.2 Å². The second-order valence-electron chi connectivity index (χ2n) is 4.21. The highest BCUT2D eigenvalue weighted by atomic mass is 32.1. The molecule has 3 nitrogen and oxygen atoms in total. The van der Waals surface area contributed by atoms with Gasteiger partial charge in [-0.25, -0.2) is 0 Å². The maximum absolute atomic E-state index is 12.4. The van der Waals surface area contributed by atoms with Crippen LogP contribution in [0.3, 0.4) is 0 Å². The van der Waals surface area contributed by atoms with Crippen LogP contribution in [-0.2, 0) is 0 Å². The SMILES string of the molecule is COc1ccc2c(c1)C(=O)C(=Cc1ccsc1)CO2. The van der Waals surface area contributed by atoms with Crippen molar-refractivity contribution < 1.29 is 14.3 Å². The first-order valence-electron chi connectivity index (χ1n) is 5.86. The Balaban J connectivity index is 1.99. The van der Waals surface area contributed by atoms with Gasteiger partial charge < -0.3 is 9.47 Å². The second kappa shape index (κ2) is 4.90. The summed E-state index contributed by atoms with van der Waals surface area (Å²) in [6, 6.07) is 7.26. The van der Waals surface area contributed by atoms with Gasteiger partial charge in [0.25, 0.3) is 0 Å². The molecule has 0 fully saturated rings. The number of thiophene rings is 1. The minimum atomic E-state index is 0.00588. The molecule has 2 aromatic rings. The zero-order valence-corrected chi connectivity index (χ0v) is 11.2. The molecule has 0 N–H and O–H groups in total. The molecule has 0 unspecified atom stereocenters. The number of ether oxygens (including phenoxy) is 2. The van der Waals surface area contributed by atoms with E-state index in [0.717, 1.165) is 5.56 Å². The molecular formula is C15H12O3S. The number of hydrogen-bond acceptors (Lipinski definition) is 4. The van der Waals surface area contributed by atoms with Crippen molar-refractivity contribution in [3.05, 3.63) is 51.7 Å². The largest absolute Gasteiger partial charge is 0.497 e. The zero-order chi connectivity index (χ0) is 13.2. The van der Waals surface area contributed by atoms with Crippen LogP contribution in [0.1, 0.15) is 15.9 Å². The highest BCUT2D eigenvalue weighted by molar-refractivity contribution is 7.08. The Morgan fingerprint density at radius 2 is 2.26 bits per heavy atom. The first-order valence-corrected chi connectivity index (χ1v) is 6.80. The third-order valence-corrected chi connectivity index (χ3v) is 3.69. The summed E-state index contributed by atoms with van der Waals surface area (Å²) < 4.78 is 10.8. The molecule has 2 heterocycles. The number of carbonyl (C=O) groups excluding carboxylic acids is 1. The van der Waals surface area contributed by atoms with Crippen molar-refractivity contribution in [3.8, 4) is 11.5 Å². The van der Waals surface area contributed by atoms with Crippen LogP contribution in [0.25, 0.3) is 6.08 Å². The summed E-state index contributed by atoms with van der Waals surface area (Å²) in [4.78, 5) is 12.4. The molecular weight excluding hydrogens is 260 g/mol. The summed E-state index contributed by atoms with van der Waals surface area (Å²) in [5, 5.41) is 3.99. The highest BCUT2D eigenvalue weighted by Gasteiger charge is 2.23. The van der Waals surface area contributed by atoms with Crippen molar-refractivity contribution in [1.29, 1.82) is 0 Å². The van der Waals surface area contributed by atoms with E-state index >= 15 is 0 Å². The van der Waals surface area contributed by atoms with Gasteiger partial charge in [0.15, 0.2) is 5.78 Å². The summed E-state index contributed by atoms with van der Waals surface area (Å²) in [6.45, 7) is 0.314. The van der Waals surface area contributed by atoms with Crippen LogP contribution >= 0.6 is 11.3 Å². The van der Waals surface area contributed by atoms with Gasteiger partial charge in [0, 0.05) is 5.57 Å². The third-order valence-electron chi connectivity index (χ3n) is 2.99. The van der Waals surface area contributed by atoms with Gasteiger partial charge in [-0.05, 0) is 46.7 Å². The third kappa shape index (κ3) is 2.27. The average Bonchev–Trinajstić information content (AvgIpc) is 2.95. The van der Waals surface area contributed by atoms with E-state index in [1.807, 2.05) is 22.9 Å². The number of carbonyl (C=O) groups is 1. The molecule has 0 amide bonds. The number of Topliss-reactive ketones (excluding diaryl/α,β-unsaturated/α-hetero) is 1. The molecule has 0 aliphatic carbocycles. The molecule has 1 aromatic carbocycles. The lowest BCUT2D eigenvalue weighted by molar-refractivity contribution is 0.100. The summed E-state index contributed by atoms with van der Waals surface area (Å²) in [5.74, 6) is 1.28. The van der Waals surface area contributed by atoms with Gasteiger partial charge in [0.1, 0.15) is 18.1 Å². The number of hydrogen-bond donors (Lipinski definition) is 0. The lowest BCUT2D eigenvalue weighted by Crippen LogP contribution is -2.19. The van der Waals surface area contributed by atoms with Gasteiger partial charge in [-0.15, -0.1) is 0 Å². The van der Waals surface area contributed by atoms with Crippen molar-refractivity contribution in [2.75, 3.05) is 13.7 Å². The number of methoxy groups -OCH3 is 1. The summed E-state index contributed by atoms with van der Waals surface area (Å²) in [6.07, 6.45) is 1.88. The molecule has 0 saturated carbocycles. The van der Waals surface area contributed by atoms with Crippen LogP contribution in [0, 0.1) is 0 Å². The normalized spacial score (nSPS) is 16.1. The Morgan fingerprint density at radius 1 is 1.37 bits per heavy atom. The lowest BCUT2D eigenvalue weighted by Gasteiger charge is -2.19. The van der Waals surface area contributed by atoms with Crippen LogP contribution in [0.4, 0.5) is 0 Å². The van der Waals surface area contributed by atoms with Crippen molar-refractivity contribution in [3.63, 3.8) is 0 Å². The molecule has 0 radical (unpaired) electrons. The molecule has 1 aliphatic rings. The van der Waals surface area contributed by atoms with Crippen LogP contribution in [0.5, 0.6) is 11.5 Å². The number of fused-ring (bicyclic) bond motifs is 1. The lowest BCUT2D eigenvalue weighted by atomic mass is 9.99. The average molecular weight is 272 g/mol. The fraction of sp³-hybridized carbons (Fsp3) is 0.133.